The lowest BCUT2D eigenvalue weighted by Gasteiger charge is -2.35. The Morgan fingerprint density at radius 2 is 1.40 bits per heavy atom. The van der Waals surface area contributed by atoms with Crippen molar-refractivity contribution < 1.29 is 14.6 Å². The number of para-hydroxylation sites is 1. The lowest BCUT2D eigenvalue weighted by atomic mass is 9.83. The van der Waals surface area contributed by atoms with E-state index in [4.69, 9.17) is 0 Å². The Kier molecular flexibility index (Phi) is 6.59. The number of carbonyl (C=O) groups excluding carboxylic acids is 1. The van der Waals surface area contributed by atoms with Gasteiger partial charge in [0, 0.05) is 41.1 Å². The highest BCUT2D eigenvalue weighted by Gasteiger charge is 2.39. The smallest absolute Gasteiger partial charge is 0.211 e. The van der Waals surface area contributed by atoms with Crippen molar-refractivity contribution in [3.8, 4) is 0 Å². The van der Waals surface area contributed by atoms with Gasteiger partial charge in [-0.15, -0.1) is 0 Å². The summed E-state index contributed by atoms with van der Waals surface area (Å²) >= 11 is 0. The number of hydrogen-bond acceptors (Lipinski definition) is 2. The van der Waals surface area contributed by atoms with E-state index in [-0.39, 0.29) is 11.2 Å². The molecule has 0 spiro atoms. The van der Waals surface area contributed by atoms with Crippen LogP contribution >= 0.6 is 0 Å². The van der Waals surface area contributed by atoms with Crippen molar-refractivity contribution in [2.75, 3.05) is 44.7 Å². The largest absolute Gasteiger partial charge is 0.347 e. The van der Waals surface area contributed by atoms with E-state index in [9.17, 15) is 4.79 Å². The van der Waals surface area contributed by atoms with Crippen LogP contribution in [0.2, 0.25) is 0 Å². The van der Waals surface area contributed by atoms with E-state index in [1.54, 1.807) is 4.90 Å². The van der Waals surface area contributed by atoms with Gasteiger partial charge in [-0.05, 0) is 11.6 Å². The highest BCUT2D eigenvalue weighted by atomic mass is 16.1. The summed E-state index contributed by atoms with van der Waals surface area (Å²) in [5.41, 5.74) is 6.17. The SMILES string of the molecule is CN1/C(=C/C(=O)C[NH+]2CC[NH+](C(c3ccccc3)c3ccccc3)CC2)C(C)(C)c2ccccc21. The number of carbonyl (C=O) groups is 1. The summed E-state index contributed by atoms with van der Waals surface area (Å²) < 4.78 is 0. The second-order valence-corrected chi connectivity index (χ2v) is 10.5. The molecule has 4 heteroatoms. The lowest BCUT2D eigenvalue weighted by Crippen LogP contribution is -3.28. The summed E-state index contributed by atoms with van der Waals surface area (Å²) in [6.45, 7) is 9.15. The first-order valence-electron chi connectivity index (χ1n) is 12.8. The number of hydrogen-bond donors (Lipinski definition) is 2. The molecule has 3 aromatic rings. The first kappa shape index (κ1) is 23.5. The zero-order chi connectivity index (χ0) is 24.4. The fourth-order valence-electron chi connectivity index (χ4n) is 6.05. The lowest BCUT2D eigenvalue weighted by molar-refractivity contribution is -1.02. The summed E-state index contributed by atoms with van der Waals surface area (Å²) in [4.78, 5) is 18.4. The number of piperazine rings is 1. The number of nitrogens with one attached hydrogen (secondary N) is 2. The van der Waals surface area contributed by atoms with Crippen molar-refractivity contribution in [3.63, 3.8) is 0 Å². The van der Waals surface area contributed by atoms with Crippen LogP contribution in [0.4, 0.5) is 5.69 Å². The maximum atomic E-state index is 13.2. The molecule has 1 fully saturated rings. The summed E-state index contributed by atoms with van der Waals surface area (Å²) in [5, 5.41) is 0. The maximum absolute atomic E-state index is 13.2. The van der Waals surface area contributed by atoms with Gasteiger partial charge >= 0.3 is 0 Å². The third-order valence-electron chi connectivity index (χ3n) is 7.94. The van der Waals surface area contributed by atoms with Crippen molar-refractivity contribution in [1.82, 2.24) is 0 Å². The van der Waals surface area contributed by atoms with Crippen LogP contribution in [0.1, 0.15) is 36.6 Å². The number of anilines is 1. The minimum atomic E-state index is -0.155. The number of nitrogens with zero attached hydrogens (tertiary/aromatic N) is 1. The van der Waals surface area contributed by atoms with E-state index < -0.39 is 0 Å². The van der Waals surface area contributed by atoms with E-state index in [0.29, 0.717) is 12.6 Å². The van der Waals surface area contributed by atoms with E-state index in [1.807, 2.05) is 6.08 Å². The molecule has 2 aliphatic heterocycles. The molecule has 0 atom stereocenters. The fourth-order valence-corrected chi connectivity index (χ4v) is 6.05. The number of fused-ring (bicyclic) bond motifs is 1. The summed E-state index contributed by atoms with van der Waals surface area (Å²) in [6.07, 6.45) is 1.91. The first-order valence-corrected chi connectivity index (χ1v) is 12.8. The normalized spacial score (nSPS) is 22.4. The van der Waals surface area contributed by atoms with Gasteiger partial charge in [0.1, 0.15) is 38.8 Å². The van der Waals surface area contributed by atoms with Crippen molar-refractivity contribution in [1.29, 1.82) is 0 Å². The molecule has 2 N–H and O–H groups in total. The Morgan fingerprint density at radius 1 is 0.857 bits per heavy atom. The summed E-state index contributed by atoms with van der Waals surface area (Å²) in [5.74, 6) is 0.230. The predicted molar refractivity (Wildman–Crippen MR) is 142 cm³/mol. The number of likely N-dealkylation sites (N-methyl/N-ethyl adjacent to an activating group) is 1. The molecule has 0 aliphatic carbocycles. The minimum Gasteiger partial charge on any atom is -0.347 e. The third kappa shape index (κ3) is 4.69. The quantitative estimate of drug-likeness (QED) is 0.546. The standard InChI is InChI=1S/C31H35N3O/c1-31(2)27-16-10-11-17-28(27)32(3)29(31)22-26(35)23-33-18-20-34(21-19-33)30(24-12-6-4-7-13-24)25-14-8-5-9-15-25/h4-17,22,30H,18-21,23H2,1-3H3/p+2/b29-22+. The number of quaternary nitrogens is 2. The molecule has 0 radical (unpaired) electrons. The molecule has 0 bridgehead atoms. The molecule has 2 heterocycles. The van der Waals surface area contributed by atoms with E-state index >= 15 is 0 Å². The molecule has 1 saturated heterocycles. The number of allylic oxidation sites excluding steroid dienone is 1. The molecule has 2 aliphatic rings. The molecule has 180 valence electrons. The Labute approximate surface area is 209 Å². The molecule has 0 unspecified atom stereocenters. The van der Waals surface area contributed by atoms with Crippen LogP contribution in [0.5, 0.6) is 0 Å². The van der Waals surface area contributed by atoms with Crippen LogP contribution in [0.3, 0.4) is 0 Å². The molecule has 5 rings (SSSR count). The Bertz CT molecular complexity index is 1150. The Morgan fingerprint density at radius 3 is 1.97 bits per heavy atom. The van der Waals surface area contributed by atoms with Crippen LogP contribution in [-0.4, -0.2) is 45.6 Å². The van der Waals surface area contributed by atoms with Gasteiger partial charge in [0.2, 0.25) is 5.78 Å². The molecule has 0 aromatic heterocycles. The second-order valence-electron chi connectivity index (χ2n) is 10.5. The van der Waals surface area contributed by atoms with Gasteiger partial charge in [-0.3, -0.25) is 4.79 Å². The van der Waals surface area contributed by atoms with Gasteiger partial charge in [-0.1, -0.05) is 92.7 Å². The highest BCUT2D eigenvalue weighted by Crippen LogP contribution is 2.46. The van der Waals surface area contributed by atoms with Crippen molar-refractivity contribution in [3.05, 3.63) is 113 Å². The Balaban J connectivity index is 1.26. The van der Waals surface area contributed by atoms with Crippen LogP contribution in [-0.2, 0) is 10.2 Å². The molecule has 3 aromatic carbocycles. The number of rotatable bonds is 6. The molecule has 0 saturated carbocycles. The molecular formula is C31H37N3O+2. The van der Waals surface area contributed by atoms with Gasteiger partial charge in [0.15, 0.2) is 0 Å². The van der Waals surface area contributed by atoms with Gasteiger partial charge in [0.25, 0.3) is 0 Å². The van der Waals surface area contributed by atoms with Crippen molar-refractivity contribution in [2.45, 2.75) is 25.3 Å². The second kappa shape index (κ2) is 9.80. The average molecular weight is 468 g/mol. The fraction of sp³-hybridized carbons (Fsp3) is 0.323. The first-order chi connectivity index (χ1) is 16.9. The maximum Gasteiger partial charge on any atom is 0.211 e. The zero-order valence-electron chi connectivity index (χ0n) is 21.1. The van der Waals surface area contributed by atoms with Crippen LogP contribution in [0.25, 0.3) is 0 Å². The van der Waals surface area contributed by atoms with Gasteiger partial charge in [-0.25, -0.2) is 0 Å². The van der Waals surface area contributed by atoms with Gasteiger partial charge in [0.05, 0.1) is 0 Å². The number of ketones is 1. The monoisotopic (exact) mass is 467 g/mol. The third-order valence-corrected chi connectivity index (χ3v) is 7.94. The van der Waals surface area contributed by atoms with Gasteiger partial charge < -0.3 is 14.7 Å². The predicted octanol–water partition coefficient (Wildman–Crippen LogP) is 2.44. The summed E-state index contributed by atoms with van der Waals surface area (Å²) in [7, 11) is 2.08. The molecule has 35 heavy (non-hydrogen) atoms. The van der Waals surface area contributed by atoms with Crippen LogP contribution in [0.15, 0.2) is 96.7 Å². The Hall–Kier alpha value is -3.21. The minimum absolute atomic E-state index is 0.155. The molecule has 4 nitrogen and oxygen atoms in total. The van der Waals surface area contributed by atoms with Gasteiger partial charge in [-0.2, -0.15) is 0 Å². The summed E-state index contributed by atoms with van der Waals surface area (Å²) in [6, 6.07) is 30.5. The van der Waals surface area contributed by atoms with E-state index in [1.165, 1.54) is 27.3 Å². The average Bonchev–Trinajstić information content (AvgIpc) is 3.07. The molecule has 0 amide bonds. The van der Waals surface area contributed by atoms with Crippen LogP contribution in [0, 0.1) is 0 Å². The van der Waals surface area contributed by atoms with Crippen molar-refractivity contribution >= 4 is 11.5 Å². The number of benzene rings is 3. The van der Waals surface area contributed by atoms with E-state index in [2.05, 4.69) is 111 Å². The highest BCUT2D eigenvalue weighted by molar-refractivity contribution is 5.93. The van der Waals surface area contributed by atoms with Crippen LogP contribution < -0.4 is 14.7 Å². The van der Waals surface area contributed by atoms with E-state index in [0.717, 1.165) is 31.9 Å². The zero-order valence-corrected chi connectivity index (χ0v) is 21.1. The topological polar surface area (TPSA) is 29.2 Å². The molecular weight excluding hydrogens is 430 g/mol. The van der Waals surface area contributed by atoms with Crippen molar-refractivity contribution in [2.24, 2.45) is 0 Å².